The van der Waals surface area contributed by atoms with Gasteiger partial charge in [-0.15, -0.1) is 0 Å². The van der Waals surface area contributed by atoms with E-state index < -0.39 is 0 Å². The molecule has 0 radical (unpaired) electrons. The molecule has 1 aliphatic rings. The van der Waals surface area contributed by atoms with Gasteiger partial charge in [0, 0.05) is 12.1 Å². The highest BCUT2D eigenvalue weighted by Gasteiger charge is 2.19. The summed E-state index contributed by atoms with van der Waals surface area (Å²) in [6.07, 6.45) is 5.13. The highest BCUT2D eigenvalue weighted by molar-refractivity contribution is 5.19. The fourth-order valence-corrected chi connectivity index (χ4v) is 2.65. The van der Waals surface area contributed by atoms with Gasteiger partial charge in [-0.3, -0.25) is 0 Å². The maximum absolute atomic E-state index is 13.1. The molecule has 0 amide bonds. The molecule has 0 heterocycles. The second-order valence-corrected chi connectivity index (χ2v) is 5.40. The van der Waals surface area contributed by atoms with Gasteiger partial charge in [0.15, 0.2) is 0 Å². The van der Waals surface area contributed by atoms with Gasteiger partial charge in [-0.25, -0.2) is 4.39 Å². The van der Waals surface area contributed by atoms with Crippen LogP contribution in [-0.2, 0) is 0 Å². The quantitative estimate of drug-likeness (QED) is 0.833. The van der Waals surface area contributed by atoms with Crippen LogP contribution >= 0.6 is 0 Å². The normalized spacial score (nSPS) is 26.8. The molecule has 1 atom stereocenters. The van der Waals surface area contributed by atoms with Crippen LogP contribution < -0.4 is 5.32 Å². The van der Waals surface area contributed by atoms with Crippen molar-refractivity contribution in [2.45, 2.75) is 51.6 Å². The first-order valence-corrected chi connectivity index (χ1v) is 6.66. The summed E-state index contributed by atoms with van der Waals surface area (Å²) in [5.74, 6) is 0.728. The van der Waals surface area contributed by atoms with Crippen molar-refractivity contribution in [3.8, 4) is 0 Å². The Morgan fingerprint density at radius 3 is 2.59 bits per heavy atom. The molecule has 2 rings (SSSR count). The maximum Gasteiger partial charge on any atom is 0.123 e. The number of nitrogens with one attached hydrogen (secondary N) is 1. The number of rotatable bonds is 3. The Morgan fingerprint density at radius 1 is 1.24 bits per heavy atom. The summed E-state index contributed by atoms with van der Waals surface area (Å²) in [6, 6.07) is 7.74. The molecule has 1 unspecified atom stereocenters. The van der Waals surface area contributed by atoms with Gasteiger partial charge in [-0.1, -0.05) is 19.1 Å². The lowest BCUT2D eigenvalue weighted by molar-refractivity contribution is 0.291. The van der Waals surface area contributed by atoms with E-state index in [4.69, 9.17) is 0 Å². The van der Waals surface area contributed by atoms with Gasteiger partial charge in [-0.2, -0.15) is 0 Å². The summed E-state index contributed by atoms with van der Waals surface area (Å²) in [4.78, 5) is 0. The van der Waals surface area contributed by atoms with Gasteiger partial charge in [0.1, 0.15) is 5.82 Å². The zero-order chi connectivity index (χ0) is 12.3. The SMILES string of the molecule is CC1CCC(NC(C)c2cccc(F)c2)CC1. The lowest BCUT2D eigenvalue weighted by atomic mass is 9.87. The summed E-state index contributed by atoms with van der Waals surface area (Å²) in [7, 11) is 0. The molecule has 1 aromatic rings. The average molecular weight is 235 g/mol. The van der Waals surface area contributed by atoms with Crippen molar-refractivity contribution in [3.05, 3.63) is 35.6 Å². The Kier molecular flexibility index (Phi) is 4.16. The second kappa shape index (κ2) is 5.63. The Labute approximate surface area is 103 Å². The van der Waals surface area contributed by atoms with Crippen LogP contribution in [0.25, 0.3) is 0 Å². The van der Waals surface area contributed by atoms with Crippen LogP contribution in [0.2, 0.25) is 0 Å². The summed E-state index contributed by atoms with van der Waals surface area (Å²) in [5, 5.41) is 3.62. The third-order valence-corrected chi connectivity index (χ3v) is 3.85. The topological polar surface area (TPSA) is 12.0 Å². The highest BCUT2D eigenvalue weighted by Crippen LogP contribution is 2.25. The summed E-state index contributed by atoms with van der Waals surface area (Å²) in [5.41, 5.74) is 1.05. The van der Waals surface area contributed by atoms with Gasteiger partial charge in [0.2, 0.25) is 0 Å². The van der Waals surface area contributed by atoms with E-state index in [1.807, 2.05) is 6.07 Å². The van der Waals surface area contributed by atoms with Crippen LogP contribution in [0.4, 0.5) is 4.39 Å². The largest absolute Gasteiger partial charge is 0.307 e. The van der Waals surface area contributed by atoms with Gasteiger partial charge in [0.25, 0.3) is 0 Å². The Bertz CT molecular complexity index is 356. The molecule has 0 aliphatic heterocycles. The van der Waals surface area contributed by atoms with Crippen LogP contribution in [0.5, 0.6) is 0 Å². The molecule has 1 aliphatic carbocycles. The number of hydrogen-bond donors (Lipinski definition) is 1. The van der Waals surface area contributed by atoms with Crippen LogP contribution in [0, 0.1) is 11.7 Å². The van der Waals surface area contributed by atoms with Crippen molar-refractivity contribution in [2.24, 2.45) is 5.92 Å². The fraction of sp³-hybridized carbons (Fsp3) is 0.600. The first-order chi connectivity index (χ1) is 8.15. The van der Waals surface area contributed by atoms with Gasteiger partial charge in [0.05, 0.1) is 0 Å². The van der Waals surface area contributed by atoms with Crippen LogP contribution in [0.3, 0.4) is 0 Å². The van der Waals surface area contributed by atoms with Crippen molar-refractivity contribution in [1.29, 1.82) is 0 Å². The predicted octanol–water partition coefficient (Wildman–Crippen LogP) is 4.06. The molecule has 0 saturated heterocycles. The molecule has 1 aromatic carbocycles. The summed E-state index contributed by atoms with van der Waals surface area (Å²) < 4.78 is 13.1. The average Bonchev–Trinajstić information content (AvgIpc) is 2.32. The van der Waals surface area contributed by atoms with Crippen molar-refractivity contribution >= 4 is 0 Å². The smallest absolute Gasteiger partial charge is 0.123 e. The standard InChI is InChI=1S/C15H22FN/c1-11-6-8-15(9-7-11)17-12(2)13-4-3-5-14(16)10-13/h3-5,10-12,15,17H,6-9H2,1-2H3. The van der Waals surface area contributed by atoms with E-state index in [1.165, 1.54) is 31.7 Å². The predicted molar refractivity (Wildman–Crippen MR) is 69.4 cm³/mol. The molecule has 1 N–H and O–H groups in total. The minimum absolute atomic E-state index is 0.145. The maximum atomic E-state index is 13.1. The molecule has 1 nitrogen and oxygen atoms in total. The Morgan fingerprint density at radius 2 is 1.94 bits per heavy atom. The van der Waals surface area contributed by atoms with Gasteiger partial charge >= 0.3 is 0 Å². The molecule has 17 heavy (non-hydrogen) atoms. The molecule has 0 spiro atoms. The lowest BCUT2D eigenvalue weighted by Gasteiger charge is -2.29. The third kappa shape index (κ3) is 3.53. The number of benzene rings is 1. The van der Waals surface area contributed by atoms with E-state index in [0.29, 0.717) is 6.04 Å². The van der Waals surface area contributed by atoms with E-state index >= 15 is 0 Å². The number of hydrogen-bond acceptors (Lipinski definition) is 1. The minimum atomic E-state index is -0.145. The molecule has 0 bridgehead atoms. The third-order valence-electron chi connectivity index (χ3n) is 3.85. The van der Waals surface area contributed by atoms with Crippen molar-refractivity contribution < 1.29 is 4.39 Å². The summed E-state index contributed by atoms with van der Waals surface area (Å²) in [6.45, 7) is 4.44. The van der Waals surface area contributed by atoms with Gasteiger partial charge in [-0.05, 0) is 56.2 Å². The van der Waals surface area contributed by atoms with E-state index in [-0.39, 0.29) is 11.9 Å². The van der Waals surface area contributed by atoms with E-state index in [2.05, 4.69) is 19.2 Å². The molecule has 1 fully saturated rings. The van der Waals surface area contributed by atoms with Crippen LogP contribution in [-0.4, -0.2) is 6.04 Å². The van der Waals surface area contributed by atoms with Crippen molar-refractivity contribution in [1.82, 2.24) is 5.32 Å². The van der Waals surface area contributed by atoms with Crippen LogP contribution in [0.1, 0.15) is 51.1 Å². The lowest BCUT2D eigenvalue weighted by Crippen LogP contribution is -2.34. The molecule has 94 valence electrons. The van der Waals surface area contributed by atoms with E-state index in [1.54, 1.807) is 12.1 Å². The van der Waals surface area contributed by atoms with E-state index in [9.17, 15) is 4.39 Å². The van der Waals surface area contributed by atoms with Crippen molar-refractivity contribution in [2.75, 3.05) is 0 Å². The Hall–Kier alpha value is -0.890. The zero-order valence-corrected chi connectivity index (χ0v) is 10.7. The Balaban J connectivity index is 1.90. The first-order valence-electron chi connectivity index (χ1n) is 6.66. The van der Waals surface area contributed by atoms with Crippen LogP contribution in [0.15, 0.2) is 24.3 Å². The monoisotopic (exact) mass is 235 g/mol. The molecule has 0 aromatic heterocycles. The first kappa shape index (κ1) is 12.6. The zero-order valence-electron chi connectivity index (χ0n) is 10.7. The minimum Gasteiger partial charge on any atom is -0.307 e. The van der Waals surface area contributed by atoms with E-state index in [0.717, 1.165) is 11.5 Å². The molecular formula is C15H22FN. The van der Waals surface area contributed by atoms with Gasteiger partial charge < -0.3 is 5.32 Å². The highest BCUT2D eigenvalue weighted by atomic mass is 19.1. The fourth-order valence-electron chi connectivity index (χ4n) is 2.65. The molecule has 1 saturated carbocycles. The second-order valence-electron chi connectivity index (χ2n) is 5.40. The number of halogens is 1. The molecule has 2 heteroatoms. The molecular weight excluding hydrogens is 213 g/mol. The summed E-state index contributed by atoms with van der Waals surface area (Å²) >= 11 is 0. The van der Waals surface area contributed by atoms with Crippen molar-refractivity contribution in [3.63, 3.8) is 0 Å².